The van der Waals surface area contributed by atoms with Gasteiger partial charge in [0.15, 0.2) is 0 Å². The smallest absolute Gasteiger partial charge is 0.478 e. The maximum atomic E-state index is 15.6. The number of alkyl halides is 5. The van der Waals surface area contributed by atoms with Gasteiger partial charge in [0, 0.05) is 121 Å². The molecule has 9 aromatic carbocycles. The summed E-state index contributed by atoms with van der Waals surface area (Å²) in [6, 6.07) is 42.9. The third-order valence-corrected chi connectivity index (χ3v) is 25.4. The average molecular weight is 1860 g/mol. The molecule has 1 saturated heterocycles. The molecule has 0 spiro atoms. The van der Waals surface area contributed by atoms with Gasteiger partial charge in [0.25, 0.3) is 0 Å². The van der Waals surface area contributed by atoms with E-state index in [0.717, 1.165) is 168 Å². The van der Waals surface area contributed by atoms with E-state index in [4.69, 9.17) is 19.5 Å². The molecule has 7 heterocycles. The minimum Gasteiger partial charge on any atom is -0.478 e. The summed E-state index contributed by atoms with van der Waals surface area (Å²) in [7, 11) is -5.02. The van der Waals surface area contributed by atoms with Gasteiger partial charge in [0.05, 0.1) is 36.4 Å². The molecule has 1 fully saturated rings. The summed E-state index contributed by atoms with van der Waals surface area (Å²) in [6.07, 6.45) is 18.4. The molecular weight excluding hydrogens is 1760 g/mol. The van der Waals surface area contributed by atoms with Crippen LogP contribution in [0.25, 0.3) is 72.8 Å². The minimum absolute atomic E-state index is 0.0156. The Hall–Kier alpha value is -12.3. The number of ether oxygens (including phenoxy) is 1. The number of halogens is 11. The van der Waals surface area contributed by atoms with Crippen LogP contribution < -0.4 is 9.65 Å². The summed E-state index contributed by atoms with van der Waals surface area (Å²) >= 11 is 0. The van der Waals surface area contributed by atoms with E-state index in [2.05, 4.69) is 88.0 Å². The largest absolute Gasteiger partial charge is 0.534 e. The predicted molar refractivity (Wildman–Crippen MR) is 498 cm³/mol. The van der Waals surface area contributed by atoms with Gasteiger partial charge < -0.3 is 28.4 Å². The maximum Gasteiger partial charge on any atom is 0.534 e. The van der Waals surface area contributed by atoms with Crippen molar-refractivity contribution in [2.45, 2.75) is 174 Å². The third kappa shape index (κ3) is 23.0. The first-order valence-electron chi connectivity index (χ1n) is 43.5. The maximum absolute atomic E-state index is 15.6. The molecule has 3 aromatic heterocycles. The molecule has 0 amide bonds. The highest BCUT2D eigenvalue weighted by Gasteiger charge is 2.53. The standard InChI is InChI=1S/2C32H29F3N2O2.C25H26F5NO5S.C15H18BNO2/c2*1-19-12-25-16-22(21-5-6-24-17-36-11-10-23(24)15-21)7-8-26(25)31(37(19)18-32(2,3)35)30-27(33)13-20(14-28(30)34)4-9-29(38)39;1-14(2)13-31-15(3)9-17-12-18(36-37(33,34)25(28,29)30)6-7-19(17)24(31)23-20(26)10-16(11-21(23)27)5-8-22(32)35-4;1-14(2)15(3,4)19-16(18-14)13-6-5-12-10-17-8-7-11(12)9-13/h2*4-11,13-17,19,31H,12,18H2,1-3H3,(H,38,39);5-8,10-12,14-15,24H,9,13H2,1-4H3;5-10H,1-4H3/b2*9-4+;8-5+;/t2*19-,31+;;/m10../s1. The first-order valence-corrected chi connectivity index (χ1v) is 44.9. The number of esters is 1. The summed E-state index contributed by atoms with van der Waals surface area (Å²) in [4.78, 5) is 51.1. The lowest BCUT2D eigenvalue weighted by Gasteiger charge is -2.44. The number of rotatable bonds is 20. The number of aromatic nitrogens is 3. The summed E-state index contributed by atoms with van der Waals surface area (Å²) in [5, 5.41) is 24.2. The Labute approximate surface area is 771 Å². The minimum atomic E-state index is -5.88. The number of benzene rings is 9. The second kappa shape index (κ2) is 40.1. The number of methoxy groups -OCH3 is 1. The summed E-state index contributed by atoms with van der Waals surface area (Å²) in [5.74, 6) is -8.57. The van der Waals surface area contributed by atoms with Crippen LogP contribution in [-0.2, 0) is 57.8 Å². The van der Waals surface area contributed by atoms with E-state index >= 15 is 26.3 Å². The Morgan fingerprint density at radius 3 is 1.17 bits per heavy atom. The van der Waals surface area contributed by atoms with Crippen LogP contribution in [0.4, 0.5) is 48.3 Å². The van der Waals surface area contributed by atoms with Crippen molar-refractivity contribution in [3.8, 4) is 28.0 Å². The van der Waals surface area contributed by atoms with Gasteiger partial charge in [-0.1, -0.05) is 98.8 Å². The van der Waals surface area contributed by atoms with Gasteiger partial charge in [0.2, 0.25) is 0 Å². The van der Waals surface area contributed by atoms with Crippen LogP contribution >= 0.6 is 0 Å². The number of pyridine rings is 3. The normalized spacial score (nSPS) is 18.6. The predicted octanol–water partition coefficient (Wildman–Crippen LogP) is 22.6. The van der Waals surface area contributed by atoms with Crippen molar-refractivity contribution < 1.29 is 99.5 Å². The zero-order valence-corrected chi connectivity index (χ0v) is 77.0. The Bertz CT molecular complexity index is 6340. The molecule has 12 aromatic rings. The molecule has 0 saturated carbocycles. The highest BCUT2D eigenvalue weighted by atomic mass is 32.2. The number of nitrogens with zero attached hydrogens (tertiary/aromatic N) is 6. The fourth-order valence-corrected chi connectivity index (χ4v) is 18.0. The summed E-state index contributed by atoms with van der Waals surface area (Å²) in [6.45, 7) is 24.1. The molecule has 2 unspecified atom stereocenters. The van der Waals surface area contributed by atoms with E-state index in [0.29, 0.717) is 30.5 Å². The average Bonchev–Trinajstić information content (AvgIpc) is 1.01. The highest BCUT2D eigenvalue weighted by molar-refractivity contribution is 7.88. The summed E-state index contributed by atoms with van der Waals surface area (Å²) in [5.41, 5.74) is -0.566. The number of carboxylic acids is 2. The quantitative estimate of drug-likeness (QED) is 0.0181. The first kappa shape index (κ1) is 99.2. The van der Waals surface area contributed by atoms with Crippen LogP contribution in [0.5, 0.6) is 5.75 Å². The monoisotopic (exact) mass is 1860 g/mol. The Kier molecular flexibility index (Phi) is 29.7. The molecule has 6 atom stereocenters. The second-order valence-corrected chi connectivity index (χ2v) is 38.3. The molecule has 16 rings (SSSR count). The van der Waals surface area contributed by atoms with Gasteiger partial charge in [-0.25, -0.2) is 49.5 Å². The SMILES string of the molecule is CC1(C)OB(c2ccc3cnccc3c2)OC1(C)C.COC(=O)/C=C/c1cc(F)c(C2c3ccc(OS(=O)(=O)C(F)(F)F)cc3CC(C)N2CC(C)C)c(F)c1.C[C@@H]1Cc2cc(-c3ccc4cnccc4c3)ccc2[C@@H](c2c(F)cc(/C=C/C(=O)O)cc2F)N1CC(C)(C)F.C[C@H]1Cc2cc(-c3ccc4cnccc4c3)ccc2[C@H](c2c(F)cc(/C=C/C(=O)O)cc2F)N1CC(C)(C)F. The van der Waals surface area contributed by atoms with Crippen molar-refractivity contribution in [1.29, 1.82) is 0 Å². The van der Waals surface area contributed by atoms with E-state index in [-0.39, 0.29) is 95.3 Å². The topological polar surface area (TPSA) is 211 Å². The van der Waals surface area contributed by atoms with Crippen molar-refractivity contribution in [2.24, 2.45) is 5.92 Å². The van der Waals surface area contributed by atoms with Crippen molar-refractivity contribution in [3.05, 3.63) is 321 Å². The fourth-order valence-electron chi connectivity index (χ4n) is 17.6. The van der Waals surface area contributed by atoms with Crippen molar-refractivity contribution in [1.82, 2.24) is 29.7 Å². The molecule has 4 aliphatic rings. The van der Waals surface area contributed by atoms with Gasteiger partial charge in [-0.3, -0.25) is 29.7 Å². The lowest BCUT2D eigenvalue weighted by atomic mass is 9.78. The number of carbonyl (C=O) groups is 3. The zero-order chi connectivity index (χ0) is 97.2. The van der Waals surface area contributed by atoms with Crippen molar-refractivity contribution in [2.75, 3.05) is 26.7 Å². The van der Waals surface area contributed by atoms with Crippen LogP contribution in [0.3, 0.4) is 0 Å². The fraction of sp³-hybridized carbons (Fsp3) is 0.308. The molecular formula is C104H102BF11N6O11S. The Morgan fingerprint density at radius 2 is 0.806 bits per heavy atom. The number of hydrogen-bond donors (Lipinski definition) is 2. The zero-order valence-electron chi connectivity index (χ0n) is 76.2. The molecule has 4 aliphatic heterocycles. The van der Waals surface area contributed by atoms with E-state index in [1.165, 1.54) is 39.8 Å². The lowest BCUT2D eigenvalue weighted by molar-refractivity contribution is -0.135. The van der Waals surface area contributed by atoms with Crippen molar-refractivity contribution >= 4 is 91.2 Å². The van der Waals surface area contributed by atoms with Gasteiger partial charge in [-0.05, 0) is 298 Å². The molecule has 700 valence electrons. The van der Waals surface area contributed by atoms with Gasteiger partial charge in [0.1, 0.15) is 52.0 Å². The molecule has 0 radical (unpaired) electrons. The molecule has 134 heavy (non-hydrogen) atoms. The van der Waals surface area contributed by atoms with E-state index in [9.17, 15) is 44.8 Å². The molecule has 0 bridgehead atoms. The summed E-state index contributed by atoms with van der Waals surface area (Å²) < 4.78 is 205. The van der Waals surface area contributed by atoms with Crippen LogP contribution in [-0.4, -0.2) is 146 Å². The number of fused-ring (bicyclic) bond motifs is 6. The van der Waals surface area contributed by atoms with Crippen LogP contribution in [0, 0.1) is 40.8 Å². The number of aliphatic carboxylic acids is 2. The Morgan fingerprint density at radius 1 is 0.470 bits per heavy atom. The highest BCUT2D eigenvalue weighted by Crippen LogP contribution is 2.48. The Balaban J connectivity index is 0.000000155. The number of carbonyl (C=O) groups excluding carboxylic acids is 1. The van der Waals surface area contributed by atoms with Gasteiger partial charge in [-0.2, -0.15) is 21.6 Å². The van der Waals surface area contributed by atoms with Crippen LogP contribution in [0.1, 0.15) is 175 Å². The van der Waals surface area contributed by atoms with Crippen LogP contribution in [0.2, 0.25) is 0 Å². The van der Waals surface area contributed by atoms with Crippen molar-refractivity contribution in [3.63, 3.8) is 0 Å². The number of carboxylic acid groups (broad SMARTS) is 2. The van der Waals surface area contributed by atoms with E-state index in [1.807, 2.05) is 141 Å². The molecule has 17 nitrogen and oxygen atoms in total. The van der Waals surface area contributed by atoms with E-state index in [1.54, 1.807) is 18.6 Å². The van der Waals surface area contributed by atoms with E-state index < -0.39 is 104 Å². The number of hydrogen-bond acceptors (Lipinski definition) is 15. The molecule has 0 aliphatic carbocycles. The molecule has 2 N–H and O–H groups in total. The van der Waals surface area contributed by atoms with Crippen LogP contribution in [0.15, 0.2) is 219 Å². The van der Waals surface area contributed by atoms with Gasteiger partial charge in [-0.15, -0.1) is 0 Å². The third-order valence-electron chi connectivity index (χ3n) is 24.4. The lowest BCUT2D eigenvalue weighted by Crippen LogP contribution is -2.48. The second-order valence-electron chi connectivity index (χ2n) is 36.8. The first-order chi connectivity index (χ1) is 63.0. The molecule has 30 heteroatoms. The van der Waals surface area contributed by atoms with Gasteiger partial charge >= 0.3 is 40.7 Å².